The number of methoxy groups -OCH3 is 2. The fraction of sp³-hybridized carbons (Fsp3) is 0.0952. The second-order valence-corrected chi connectivity index (χ2v) is 6.01. The summed E-state index contributed by atoms with van der Waals surface area (Å²) in [5.74, 6) is 2.68. The molecule has 0 atom stereocenters. The van der Waals surface area contributed by atoms with E-state index in [9.17, 15) is 0 Å². The van der Waals surface area contributed by atoms with E-state index in [2.05, 4.69) is 25.5 Å². The first-order chi connectivity index (χ1) is 13.8. The molecule has 0 radical (unpaired) electrons. The maximum atomic E-state index is 5.50. The Morgan fingerprint density at radius 3 is 2.32 bits per heavy atom. The Morgan fingerprint density at radius 2 is 1.61 bits per heavy atom. The predicted octanol–water partition coefficient (Wildman–Crippen LogP) is 4.29. The highest BCUT2D eigenvalue weighted by atomic mass is 16.5. The van der Waals surface area contributed by atoms with Gasteiger partial charge in [0.05, 0.1) is 19.9 Å². The summed E-state index contributed by atoms with van der Waals surface area (Å²) in [5.41, 5.74) is 3.97. The normalized spacial score (nSPS) is 10.5. The van der Waals surface area contributed by atoms with Crippen LogP contribution in [0, 0.1) is 0 Å². The second-order valence-electron chi connectivity index (χ2n) is 6.01. The van der Waals surface area contributed by atoms with Gasteiger partial charge in [0.25, 0.3) is 0 Å². The molecule has 4 rings (SSSR count). The molecule has 28 heavy (non-hydrogen) atoms. The number of benzene rings is 2. The van der Waals surface area contributed by atoms with Crippen LogP contribution in [0.3, 0.4) is 0 Å². The zero-order valence-corrected chi connectivity index (χ0v) is 15.5. The van der Waals surface area contributed by atoms with Gasteiger partial charge in [-0.25, -0.2) is 9.97 Å². The molecule has 0 unspecified atom stereocenters. The number of H-pyrrole nitrogens is 1. The third-order valence-electron chi connectivity index (χ3n) is 4.30. The van der Waals surface area contributed by atoms with E-state index in [1.165, 1.54) is 0 Å². The third-order valence-corrected chi connectivity index (χ3v) is 4.30. The van der Waals surface area contributed by atoms with Gasteiger partial charge in [0.15, 0.2) is 5.82 Å². The molecule has 2 heterocycles. The number of aromatic nitrogens is 4. The lowest BCUT2D eigenvalue weighted by Crippen LogP contribution is -1.95. The Bertz CT molecular complexity index is 1060. The first-order valence-corrected chi connectivity index (χ1v) is 8.69. The fourth-order valence-electron chi connectivity index (χ4n) is 2.88. The fourth-order valence-corrected chi connectivity index (χ4v) is 2.88. The summed E-state index contributed by atoms with van der Waals surface area (Å²) >= 11 is 0. The second kappa shape index (κ2) is 7.79. The summed E-state index contributed by atoms with van der Waals surface area (Å²) in [7, 11) is 3.29. The summed E-state index contributed by atoms with van der Waals surface area (Å²) < 4.78 is 10.8. The minimum atomic E-state index is 0.502. The first-order valence-electron chi connectivity index (χ1n) is 8.69. The van der Waals surface area contributed by atoms with Crippen LogP contribution in [0.5, 0.6) is 11.5 Å². The average molecular weight is 373 g/mol. The van der Waals surface area contributed by atoms with Crippen LogP contribution >= 0.6 is 0 Å². The Balaban J connectivity index is 1.56. The van der Waals surface area contributed by atoms with Gasteiger partial charge in [-0.3, -0.25) is 5.10 Å². The minimum absolute atomic E-state index is 0.502. The highest BCUT2D eigenvalue weighted by Crippen LogP contribution is 2.34. The maximum Gasteiger partial charge on any atom is 0.228 e. The van der Waals surface area contributed by atoms with Crippen LogP contribution in [0.2, 0.25) is 0 Å². The molecule has 7 heteroatoms. The molecule has 2 aromatic heterocycles. The van der Waals surface area contributed by atoms with Gasteiger partial charge in [-0.2, -0.15) is 5.10 Å². The lowest BCUT2D eigenvalue weighted by atomic mass is 10.0. The SMILES string of the molecule is COc1ccc(-c2ccc(-c3cc(Nc4ncccn4)n[nH]3)cc2)c(OC)c1. The molecular weight excluding hydrogens is 354 g/mol. The topological polar surface area (TPSA) is 85.0 Å². The van der Waals surface area contributed by atoms with Crippen molar-refractivity contribution in [2.45, 2.75) is 0 Å². The molecule has 140 valence electrons. The van der Waals surface area contributed by atoms with E-state index in [0.29, 0.717) is 11.8 Å². The van der Waals surface area contributed by atoms with Gasteiger partial charge < -0.3 is 14.8 Å². The number of rotatable bonds is 6. The summed E-state index contributed by atoms with van der Waals surface area (Å²) in [4.78, 5) is 8.27. The lowest BCUT2D eigenvalue weighted by Gasteiger charge is -2.11. The van der Waals surface area contributed by atoms with E-state index < -0.39 is 0 Å². The van der Waals surface area contributed by atoms with Crippen LogP contribution in [0.25, 0.3) is 22.4 Å². The van der Waals surface area contributed by atoms with Gasteiger partial charge in [0, 0.05) is 30.1 Å². The number of nitrogens with zero attached hydrogens (tertiary/aromatic N) is 3. The largest absolute Gasteiger partial charge is 0.497 e. The van der Waals surface area contributed by atoms with Gasteiger partial charge in [-0.1, -0.05) is 24.3 Å². The highest BCUT2D eigenvalue weighted by molar-refractivity contribution is 5.74. The van der Waals surface area contributed by atoms with Gasteiger partial charge >= 0.3 is 0 Å². The Morgan fingerprint density at radius 1 is 0.857 bits per heavy atom. The first kappa shape index (κ1) is 17.5. The molecular formula is C21H19N5O2. The van der Waals surface area contributed by atoms with E-state index in [-0.39, 0.29) is 0 Å². The number of ether oxygens (including phenoxy) is 2. The lowest BCUT2D eigenvalue weighted by molar-refractivity contribution is 0.395. The Hall–Kier alpha value is -3.87. The van der Waals surface area contributed by atoms with E-state index in [1.54, 1.807) is 32.7 Å². The molecule has 0 amide bonds. The van der Waals surface area contributed by atoms with Crippen LogP contribution in [-0.2, 0) is 0 Å². The molecule has 0 aliphatic rings. The summed E-state index contributed by atoms with van der Waals surface area (Å²) in [6.45, 7) is 0. The van der Waals surface area contributed by atoms with Crippen molar-refractivity contribution in [3.63, 3.8) is 0 Å². The minimum Gasteiger partial charge on any atom is -0.497 e. The number of hydrogen-bond acceptors (Lipinski definition) is 6. The zero-order valence-electron chi connectivity index (χ0n) is 15.5. The standard InChI is InChI=1S/C21H19N5O2/c1-27-16-8-9-17(19(12-16)28-2)14-4-6-15(7-5-14)18-13-20(26-25-18)24-21-22-10-3-11-23-21/h3-13H,1-2H3,(H2,22,23,24,25,26). The van der Waals surface area contributed by atoms with E-state index in [0.717, 1.165) is 33.9 Å². The van der Waals surface area contributed by atoms with Crippen LogP contribution in [-0.4, -0.2) is 34.4 Å². The predicted molar refractivity (Wildman–Crippen MR) is 108 cm³/mol. The average Bonchev–Trinajstić information content (AvgIpc) is 3.22. The smallest absolute Gasteiger partial charge is 0.228 e. The van der Waals surface area contributed by atoms with Gasteiger partial charge in [-0.05, 0) is 29.3 Å². The summed E-state index contributed by atoms with van der Waals surface area (Å²) in [5, 5.41) is 10.4. The molecule has 0 aliphatic carbocycles. The van der Waals surface area contributed by atoms with Crippen molar-refractivity contribution < 1.29 is 9.47 Å². The highest BCUT2D eigenvalue weighted by Gasteiger charge is 2.09. The van der Waals surface area contributed by atoms with Crippen molar-refractivity contribution in [1.29, 1.82) is 0 Å². The number of anilines is 2. The van der Waals surface area contributed by atoms with Crippen molar-refractivity contribution >= 4 is 11.8 Å². The monoisotopic (exact) mass is 373 g/mol. The number of aromatic amines is 1. The van der Waals surface area contributed by atoms with E-state index >= 15 is 0 Å². The summed E-state index contributed by atoms with van der Waals surface area (Å²) in [6, 6.07) is 17.6. The Labute approximate surface area is 162 Å². The van der Waals surface area contributed by atoms with E-state index in [4.69, 9.17) is 9.47 Å². The maximum absolute atomic E-state index is 5.50. The zero-order chi connectivity index (χ0) is 19.3. The molecule has 0 saturated carbocycles. The van der Waals surface area contributed by atoms with E-state index in [1.807, 2.05) is 48.5 Å². The van der Waals surface area contributed by atoms with Crippen molar-refractivity contribution in [2.75, 3.05) is 19.5 Å². The molecule has 0 fully saturated rings. The molecule has 0 saturated heterocycles. The number of nitrogens with one attached hydrogen (secondary N) is 2. The quantitative estimate of drug-likeness (QED) is 0.524. The molecule has 7 nitrogen and oxygen atoms in total. The number of hydrogen-bond donors (Lipinski definition) is 2. The molecule has 2 aromatic carbocycles. The van der Waals surface area contributed by atoms with Crippen molar-refractivity contribution in [2.24, 2.45) is 0 Å². The van der Waals surface area contributed by atoms with Gasteiger partial charge in [0.2, 0.25) is 5.95 Å². The molecule has 2 N–H and O–H groups in total. The van der Waals surface area contributed by atoms with Crippen molar-refractivity contribution in [3.8, 4) is 33.9 Å². The van der Waals surface area contributed by atoms with Gasteiger partial charge in [0.1, 0.15) is 11.5 Å². The molecule has 4 aromatic rings. The van der Waals surface area contributed by atoms with Crippen molar-refractivity contribution in [3.05, 3.63) is 67.0 Å². The third kappa shape index (κ3) is 3.64. The Kier molecular flexibility index (Phi) is 4.88. The molecule has 0 spiro atoms. The molecule has 0 aliphatic heterocycles. The van der Waals surface area contributed by atoms with Crippen LogP contribution in [0.1, 0.15) is 0 Å². The van der Waals surface area contributed by atoms with Crippen molar-refractivity contribution in [1.82, 2.24) is 20.2 Å². The molecule has 0 bridgehead atoms. The van der Waals surface area contributed by atoms with Gasteiger partial charge in [-0.15, -0.1) is 0 Å². The van der Waals surface area contributed by atoms with Crippen LogP contribution < -0.4 is 14.8 Å². The van der Waals surface area contributed by atoms with Crippen LogP contribution in [0.4, 0.5) is 11.8 Å². The summed E-state index contributed by atoms with van der Waals surface area (Å²) in [6.07, 6.45) is 3.35. The van der Waals surface area contributed by atoms with Crippen LogP contribution in [0.15, 0.2) is 67.0 Å².